The van der Waals surface area contributed by atoms with Gasteiger partial charge in [0.1, 0.15) is 18.1 Å². The van der Waals surface area contributed by atoms with Crippen molar-refractivity contribution in [2.75, 3.05) is 6.54 Å². The van der Waals surface area contributed by atoms with Gasteiger partial charge < -0.3 is 49.7 Å². The fourth-order valence-electron chi connectivity index (χ4n) is 2.56. The number of hydrogen-bond acceptors (Lipinski definition) is 8. The van der Waals surface area contributed by atoms with Crippen molar-refractivity contribution >= 4 is 41.5 Å². The summed E-state index contributed by atoms with van der Waals surface area (Å²) in [4.78, 5) is 74.3. The molecule has 34 heavy (non-hydrogen) atoms. The molecule has 4 unspecified atom stereocenters. The lowest BCUT2D eigenvalue weighted by atomic mass is 10.1. The molecule has 0 aliphatic rings. The van der Waals surface area contributed by atoms with Crippen molar-refractivity contribution in [3.63, 3.8) is 0 Å². The number of aliphatic imine (C=N–C) groups is 1. The molecule has 0 aromatic heterocycles. The lowest BCUT2D eigenvalue weighted by Gasteiger charge is -2.23. The molecule has 16 heteroatoms. The highest BCUT2D eigenvalue weighted by Gasteiger charge is 2.29. The summed E-state index contributed by atoms with van der Waals surface area (Å²) in [6.07, 6.45) is -0.586. The third kappa shape index (κ3) is 12.8. The number of nitrogens with two attached hydrogens (primary N) is 5. The Morgan fingerprint density at radius 3 is 1.91 bits per heavy atom. The van der Waals surface area contributed by atoms with Gasteiger partial charge in [0.05, 0.1) is 12.5 Å². The van der Waals surface area contributed by atoms with E-state index in [4.69, 9.17) is 28.7 Å². The van der Waals surface area contributed by atoms with Gasteiger partial charge in [0.25, 0.3) is 0 Å². The molecule has 14 N–H and O–H groups in total. The van der Waals surface area contributed by atoms with Crippen LogP contribution in [0.2, 0.25) is 0 Å². The molecule has 0 aromatic carbocycles. The first-order valence-electron chi connectivity index (χ1n) is 10.3. The zero-order valence-corrected chi connectivity index (χ0v) is 18.8. The van der Waals surface area contributed by atoms with Crippen LogP contribution in [0.5, 0.6) is 0 Å². The third-order valence-electron chi connectivity index (χ3n) is 4.39. The van der Waals surface area contributed by atoms with Gasteiger partial charge in [-0.2, -0.15) is 0 Å². The van der Waals surface area contributed by atoms with Crippen molar-refractivity contribution in [2.45, 2.75) is 63.2 Å². The molecule has 192 valence electrons. The summed E-state index contributed by atoms with van der Waals surface area (Å²) < 4.78 is 0. The van der Waals surface area contributed by atoms with Crippen LogP contribution in [-0.4, -0.2) is 77.3 Å². The van der Waals surface area contributed by atoms with E-state index in [9.17, 15) is 33.9 Å². The van der Waals surface area contributed by atoms with E-state index < -0.39 is 66.1 Å². The Hall–Kier alpha value is -3.95. The molecule has 0 radical (unpaired) electrons. The van der Waals surface area contributed by atoms with Crippen molar-refractivity contribution < 1.29 is 33.9 Å². The van der Waals surface area contributed by atoms with Crippen LogP contribution in [0.25, 0.3) is 0 Å². The highest BCUT2D eigenvalue weighted by Crippen LogP contribution is 2.01. The van der Waals surface area contributed by atoms with Gasteiger partial charge in [0.15, 0.2) is 5.96 Å². The second-order valence-electron chi connectivity index (χ2n) is 7.42. The quantitative estimate of drug-likeness (QED) is 0.0567. The number of carboxylic acids is 1. The smallest absolute Gasteiger partial charge is 0.326 e. The normalized spacial score (nSPS) is 13.9. The van der Waals surface area contributed by atoms with E-state index in [2.05, 4.69) is 20.9 Å². The van der Waals surface area contributed by atoms with E-state index >= 15 is 0 Å². The first-order valence-corrected chi connectivity index (χ1v) is 10.3. The summed E-state index contributed by atoms with van der Waals surface area (Å²) >= 11 is 0. The van der Waals surface area contributed by atoms with Gasteiger partial charge in [-0.05, 0) is 26.2 Å². The summed E-state index contributed by atoms with van der Waals surface area (Å²) in [5.74, 6) is -5.66. The van der Waals surface area contributed by atoms with Crippen molar-refractivity contribution in [3.05, 3.63) is 0 Å². The molecule has 0 fully saturated rings. The molecule has 0 saturated heterocycles. The van der Waals surface area contributed by atoms with Crippen LogP contribution >= 0.6 is 0 Å². The average molecular weight is 488 g/mol. The monoisotopic (exact) mass is 487 g/mol. The number of hydrogen-bond donors (Lipinski definition) is 9. The fourth-order valence-corrected chi connectivity index (χ4v) is 2.56. The number of guanidine groups is 1. The maximum atomic E-state index is 12.5. The van der Waals surface area contributed by atoms with Gasteiger partial charge in [0, 0.05) is 13.0 Å². The predicted molar refractivity (Wildman–Crippen MR) is 119 cm³/mol. The van der Waals surface area contributed by atoms with Crippen molar-refractivity contribution in [3.8, 4) is 0 Å². The molecule has 0 aliphatic carbocycles. The lowest BCUT2D eigenvalue weighted by Crippen LogP contribution is -2.57. The number of nitrogens with zero attached hydrogens (tertiary/aromatic N) is 1. The highest BCUT2D eigenvalue weighted by molar-refractivity contribution is 5.96. The van der Waals surface area contributed by atoms with Crippen molar-refractivity contribution in [1.29, 1.82) is 0 Å². The Morgan fingerprint density at radius 2 is 1.41 bits per heavy atom. The molecule has 16 nitrogen and oxygen atoms in total. The Bertz CT molecular complexity index is 799. The van der Waals surface area contributed by atoms with Crippen LogP contribution in [0.15, 0.2) is 4.99 Å². The minimum absolute atomic E-state index is 0.0159. The van der Waals surface area contributed by atoms with Crippen LogP contribution in [-0.2, 0) is 28.8 Å². The van der Waals surface area contributed by atoms with E-state index in [1.54, 1.807) is 0 Å². The molecule has 0 bridgehead atoms. The number of primary amides is 2. The summed E-state index contributed by atoms with van der Waals surface area (Å²) in [6.45, 7) is 1.43. The van der Waals surface area contributed by atoms with Gasteiger partial charge in [-0.1, -0.05) is 0 Å². The maximum Gasteiger partial charge on any atom is 0.326 e. The minimum Gasteiger partial charge on any atom is -0.480 e. The number of aliphatic carboxylic acids is 1. The molecule has 0 saturated carbocycles. The number of carbonyl (C=O) groups excluding carboxylic acids is 5. The second kappa shape index (κ2) is 15.0. The van der Waals surface area contributed by atoms with Gasteiger partial charge in [-0.25, -0.2) is 4.79 Å². The molecular formula is C18H33N9O7. The molecule has 0 aliphatic heterocycles. The van der Waals surface area contributed by atoms with E-state index in [0.29, 0.717) is 0 Å². The molecule has 4 atom stereocenters. The van der Waals surface area contributed by atoms with Gasteiger partial charge in [-0.3, -0.25) is 29.0 Å². The van der Waals surface area contributed by atoms with E-state index in [1.165, 1.54) is 6.92 Å². The van der Waals surface area contributed by atoms with Crippen LogP contribution in [0, 0.1) is 0 Å². The number of rotatable bonds is 16. The summed E-state index contributed by atoms with van der Waals surface area (Å²) in [5.41, 5.74) is 26.1. The summed E-state index contributed by atoms with van der Waals surface area (Å²) in [6, 6.07) is -5.16. The molecular weight excluding hydrogens is 454 g/mol. The van der Waals surface area contributed by atoms with Crippen LogP contribution in [0.4, 0.5) is 0 Å². The van der Waals surface area contributed by atoms with Crippen LogP contribution in [0.3, 0.4) is 0 Å². The Kier molecular flexibility index (Phi) is 13.2. The molecule has 5 amide bonds. The van der Waals surface area contributed by atoms with Crippen LogP contribution in [0.1, 0.15) is 39.0 Å². The Balaban J connectivity index is 5.03. The fraction of sp³-hybridized carbons (Fsp3) is 0.611. The third-order valence-corrected chi connectivity index (χ3v) is 4.39. The predicted octanol–water partition coefficient (Wildman–Crippen LogP) is -4.93. The standard InChI is InChI=1S/C18H33N9O7/c1-8(14(30)26-10(17(33)34)3-2-6-24-18(22)23)25-16(32)11(7-13(21)29)27-15(31)9(19)4-5-12(20)28/h8-11H,2-7,19H2,1H3,(H2,20,28)(H2,21,29)(H,25,32)(H,26,30)(H,27,31)(H,33,34)(H4,22,23,24). The summed E-state index contributed by atoms with van der Waals surface area (Å²) in [5, 5.41) is 16.1. The SMILES string of the molecule is CC(NC(=O)C(CC(N)=O)NC(=O)C(N)CCC(N)=O)C(=O)NC(CCCN=C(N)N)C(=O)O. The second-order valence-corrected chi connectivity index (χ2v) is 7.42. The number of amides is 5. The number of carboxylic acid groups (broad SMARTS) is 1. The molecule has 0 aromatic rings. The first kappa shape index (κ1) is 30.1. The van der Waals surface area contributed by atoms with E-state index in [-0.39, 0.29) is 38.2 Å². The minimum atomic E-state index is -1.46. The van der Waals surface area contributed by atoms with Gasteiger partial charge >= 0.3 is 5.97 Å². The van der Waals surface area contributed by atoms with Crippen molar-refractivity contribution in [2.24, 2.45) is 33.7 Å². The lowest BCUT2D eigenvalue weighted by molar-refractivity contribution is -0.142. The average Bonchev–Trinajstić information content (AvgIpc) is 2.72. The Labute approximate surface area is 195 Å². The Morgan fingerprint density at radius 1 is 0.824 bits per heavy atom. The zero-order chi connectivity index (χ0) is 26.4. The van der Waals surface area contributed by atoms with Gasteiger partial charge in [0.2, 0.25) is 29.5 Å². The van der Waals surface area contributed by atoms with Crippen LogP contribution < -0.4 is 44.6 Å². The number of carbonyl (C=O) groups is 6. The first-order chi connectivity index (χ1) is 15.7. The highest BCUT2D eigenvalue weighted by atomic mass is 16.4. The largest absolute Gasteiger partial charge is 0.480 e. The molecule has 0 rings (SSSR count). The van der Waals surface area contributed by atoms with E-state index in [1.807, 2.05) is 0 Å². The zero-order valence-electron chi connectivity index (χ0n) is 18.8. The van der Waals surface area contributed by atoms with Crippen molar-refractivity contribution in [1.82, 2.24) is 16.0 Å². The maximum absolute atomic E-state index is 12.5. The number of nitrogens with one attached hydrogen (secondary N) is 3. The topological polar surface area (TPSA) is 301 Å². The molecule has 0 spiro atoms. The van der Waals surface area contributed by atoms with E-state index in [0.717, 1.165) is 0 Å². The summed E-state index contributed by atoms with van der Waals surface area (Å²) in [7, 11) is 0. The van der Waals surface area contributed by atoms with Gasteiger partial charge in [-0.15, -0.1) is 0 Å². The molecule has 0 heterocycles.